The molecule has 0 unspecified atom stereocenters. The van der Waals surface area contributed by atoms with Crippen LogP contribution in [0.2, 0.25) is 0 Å². The molecular weight excluding hydrogens is 205 g/mol. The van der Waals surface area contributed by atoms with Gasteiger partial charge in [0.25, 0.3) is 0 Å². The molecule has 1 rings (SSSR count). The average Bonchev–Trinajstić information content (AvgIpc) is 2.27. The van der Waals surface area contributed by atoms with E-state index in [1.807, 2.05) is 19.9 Å². The molecule has 0 aromatic heterocycles. The smallest absolute Gasteiger partial charge is 0.128 e. The Hall–Kier alpha value is -1.35. The number of rotatable bonds is 6. The summed E-state index contributed by atoms with van der Waals surface area (Å²) in [7, 11) is 0. The Morgan fingerprint density at radius 1 is 1.44 bits per heavy atom. The zero-order chi connectivity index (χ0) is 12.0. The van der Waals surface area contributed by atoms with Crippen molar-refractivity contribution < 1.29 is 9.13 Å². The molecule has 3 heteroatoms. The first-order chi connectivity index (χ1) is 7.70. The zero-order valence-electron chi connectivity index (χ0n) is 9.85. The number of ether oxygens (including phenoxy) is 1. The molecule has 1 aromatic carbocycles. The molecule has 0 saturated carbocycles. The molecule has 1 N–H and O–H groups in total. The molecule has 88 valence electrons. The molecule has 2 nitrogen and oxygen atoms in total. The molecular formula is C13H18FNO. The van der Waals surface area contributed by atoms with Gasteiger partial charge in [0.05, 0.1) is 6.61 Å². The van der Waals surface area contributed by atoms with Gasteiger partial charge < -0.3 is 10.1 Å². The highest BCUT2D eigenvalue weighted by Gasteiger charge is 2.10. The number of benzene rings is 1. The van der Waals surface area contributed by atoms with Gasteiger partial charge in [-0.05, 0) is 19.5 Å². The lowest BCUT2D eigenvalue weighted by molar-refractivity contribution is 0.298. The topological polar surface area (TPSA) is 21.3 Å². The van der Waals surface area contributed by atoms with E-state index in [9.17, 15) is 4.39 Å². The third-order valence-corrected chi connectivity index (χ3v) is 2.29. The largest absolute Gasteiger partial charge is 0.494 e. The van der Waals surface area contributed by atoms with Crippen LogP contribution in [0.3, 0.4) is 0 Å². The van der Waals surface area contributed by atoms with E-state index in [1.165, 1.54) is 6.07 Å². The molecule has 0 heterocycles. The van der Waals surface area contributed by atoms with Crippen LogP contribution in [0.1, 0.15) is 25.0 Å². The molecule has 1 aromatic rings. The molecule has 0 bridgehead atoms. The van der Waals surface area contributed by atoms with Gasteiger partial charge in [-0.25, -0.2) is 4.39 Å². The third kappa shape index (κ3) is 3.07. The van der Waals surface area contributed by atoms with Gasteiger partial charge >= 0.3 is 0 Å². The van der Waals surface area contributed by atoms with Gasteiger partial charge in [0.2, 0.25) is 0 Å². The summed E-state index contributed by atoms with van der Waals surface area (Å²) < 4.78 is 19.0. The lowest BCUT2D eigenvalue weighted by atomic mass is 10.1. The maximum absolute atomic E-state index is 13.6. The summed E-state index contributed by atoms with van der Waals surface area (Å²) in [5, 5.41) is 3.11. The highest BCUT2D eigenvalue weighted by Crippen LogP contribution is 2.21. The molecule has 0 aliphatic rings. The van der Waals surface area contributed by atoms with Crippen molar-refractivity contribution in [2.45, 2.75) is 20.4 Å². The van der Waals surface area contributed by atoms with Crippen molar-refractivity contribution in [1.29, 1.82) is 0 Å². The predicted octanol–water partition coefficient (Wildman–Crippen LogP) is 2.94. The van der Waals surface area contributed by atoms with E-state index in [2.05, 4.69) is 11.9 Å². The summed E-state index contributed by atoms with van der Waals surface area (Å²) in [6.07, 6.45) is 0. The summed E-state index contributed by atoms with van der Waals surface area (Å²) in [6.45, 7) is 9.50. The van der Waals surface area contributed by atoms with E-state index in [4.69, 9.17) is 4.74 Å². The van der Waals surface area contributed by atoms with Gasteiger partial charge in [0.15, 0.2) is 0 Å². The van der Waals surface area contributed by atoms with Gasteiger partial charge in [-0.3, -0.25) is 0 Å². The van der Waals surface area contributed by atoms with Crippen molar-refractivity contribution in [2.24, 2.45) is 0 Å². The predicted molar refractivity (Wildman–Crippen MR) is 64.4 cm³/mol. The number of halogens is 1. The van der Waals surface area contributed by atoms with Crippen LogP contribution in [0.5, 0.6) is 0 Å². The second-order valence-electron chi connectivity index (χ2n) is 3.40. The Kier molecular flexibility index (Phi) is 4.99. The first-order valence-electron chi connectivity index (χ1n) is 5.50. The molecule has 16 heavy (non-hydrogen) atoms. The van der Waals surface area contributed by atoms with E-state index in [0.717, 1.165) is 12.1 Å². The molecule has 0 aliphatic carbocycles. The first-order valence-corrected chi connectivity index (χ1v) is 5.50. The fourth-order valence-corrected chi connectivity index (χ4v) is 1.50. The second kappa shape index (κ2) is 6.28. The Morgan fingerprint density at radius 3 is 2.81 bits per heavy atom. The standard InChI is InChI=1S/C13H18FNO/c1-4-15-9-12-11(10(3)16-5-2)7-6-8-13(12)14/h6-8,15H,3-5,9H2,1-2H3. The summed E-state index contributed by atoms with van der Waals surface area (Å²) in [5.74, 6) is 0.300. The SMILES string of the molecule is C=C(OCC)c1cccc(F)c1CNCC. The van der Waals surface area contributed by atoms with Gasteiger partial charge in [-0.1, -0.05) is 25.6 Å². The van der Waals surface area contributed by atoms with E-state index in [-0.39, 0.29) is 5.82 Å². The maximum Gasteiger partial charge on any atom is 0.128 e. The Labute approximate surface area is 96.1 Å². The minimum absolute atomic E-state index is 0.223. The number of hydrogen-bond acceptors (Lipinski definition) is 2. The fraction of sp³-hybridized carbons (Fsp3) is 0.385. The highest BCUT2D eigenvalue weighted by molar-refractivity contribution is 5.61. The van der Waals surface area contributed by atoms with Crippen molar-refractivity contribution in [3.8, 4) is 0 Å². The second-order valence-corrected chi connectivity index (χ2v) is 3.40. The summed E-state index contributed by atoms with van der Waals surface area (Å²) in [5.41, 5.74) is 1.35. The molecule has 0 aliphatic heterocycles. The Balaban J connectivity index is 2.97. The van der Waals surface area contributed by atoms with Gasteiger partial charge in [-0.15, -0.1) is 0 Å². The lowest BCUT2D eigenvalue weighted by Gasteiger charge is -2.13. The number of nitrogens with one attached hydrogen (secondary N) is 1. The van der Waals surface area contributed by atoms with Crippen LogP contribution in [-0.2, 0) is 11.3 Å². The van der Waals surface area contributed by atoms with Crippen molar-refractivity contribution >= 4 is 5.76 Å². The maximum atomic E-state index is 13.6. The van der Waals surface area contributed by atoms with E-state index >= 15 is 0 Å². The van der Waals surface area contributed by atoms with Gasteiger partial charge in [0.1, 0.15) is 11.6 Å². The first kappa shape index (κ1) is 12.7. The van der Waals surface area contributed by atoms with Crippen molar-refractivity contribution in [2.75, 3.05) is 13.2 Å². The Bertz CT molecular complexity index is 363. The molecule has 0 amide bonds. The average molecular weight is 223 g/mol. The Morgan fingerprint density at radius 2 is 2.19 bits per heavy atom. The van der Waals surface area contributed by atoms with Gasteiger partial charge in [0, 0.05) is 17.7 Å². The van der Waals surface area contributed by atoms with Crippen LogP contribution in [0.15, 0.2) is 24.8 Å². The molecule has 0 radical (unpaired) electrons. The zero-order valence-corrected chi connectivity index (χ0v) is 9.85. The van der Waals surface area contributed by atoms with Crippen LogP contribution in [0.25, 0.3) is 5.76 Å². The van der Waals surface area contributed by atoms with E-state index < -0.39 is 0 Å². The van der Waals surface area contributed by atoms with Crippen molar-refractivity contribution in [1.82, 2.24) is 5.32 Å². The molecule has 0 spiro atoms. The van der Waals surface area contributed by atoms with Crippen molar-refractivity contribution in [3.63, 3.8) is 0 Å². The van der Waals surface area contributed by atoms with Crippen LogP contribution < -0.4 is 5.32 Å². The monoisotopic (exact) mass is 223 g/mol. The van der Waals surface area contributed by atoms with E-state index in [0.29, 0.717) is 24.5 Å². The molecule has 0 fully saturated rings. The summed E-state index contributed by atoms with van der Waals surface area (Å²) in [6, 6.07) is 4.95. The number of hydrogen-bond donors (Lipinski definition) is 1. The minimum atomic E-state index is -0.223. The lowest BCUT2D eigenvalue weighted by Crippen LogP contribution is -2.15. The summed E-state index contributed by atoms with van der Waals surface area (Å²) >= 11 is 0. The van der Waals surface area contributed by atoms with Gasteiger partial charge in [-0.2, -0.15) is 0 Å². The van der Waals surface area contributed by atoms with Crippen LogP contribution in [0.4, 0.5) is 4.39 Å². The van der Waals surface area contributed by atoms with Crippen LogP contribution in [-0.4, -0.2) is 13.2 Å². The third-order valence-electron chi connectivity index (χ3n) is 2.29. The van der Waals surface area contributed by atoms with Crippen LogP contribution >= 0.6 is 0 Å². The molecule has 0 saturated heterocycles. The summed E-state index contributed by atoms with van der Waals surface area (Å²) in [4.78, 5) is 0. The quantitative estimate of drug-likeness (QED) is 0.749. The minimum Gasteiger partial charge on any atom is -0.494 e. The van der Waals surface area contributed by atoms with E-state index in [1.54, 1.807) is 6.07 Å². The highest BCUT2D eigenvalue weighted by atomic mass is 19.1. The molecule has 0 atom stereocenters. The van der Waals surface area contributed by atoms with Crippen molar-refractivity contribution in [3.05, 3.63) is 41.7 Å². The normalized spacial score (nSPS) is 10.2. The fourth-order valence-electron chi connectivity index (χ4n) is 1.50. The van der Waals surface area contributed by atoms with Crippen LogP contribution in [0, 0.1) is 5.82 Å².